The topological polar surface area (TPSA) is 34.1 Å². The van der Waals surface area contributed by atoms with Crippen molar-refractivity contribution in [2.75, 3.05) is 0 Å². The quantitative estimate of drug-likeness (QED) is 0.869. The maximum Gasteiger partial charge on any atom is 0.124 e. The van der Waals surface area contributed by atoms with Crippen LogP contribution < -0.4 is 10.1 Å². The van der Waals surface area contributed by atoms with Crippen LogP contribution in [-0.2, 0) is 13.1 Å². The van der Waals surface area contributed by atoms with Gasteiger partial charge < -0.3 is 10.1 Å². The van der Waals surface area contributed by atoms with Crippen molar-refractivity contribution in [2.45, 2.75) is 33.0 Å². The molecule has 1 aromatic carbocycles. The van der Waals surface area contributed by atoms with Crippen molar-refractivity contribution in [3.8, 4) is 5.75 Å². The predicted octanol–water partition coefficient (Wildman–Crippen LogP) is 3.92. The normalized spacial score (nSPS) is 10.8. The minimum absolute atomic E-state index is 0.174. The number of benzene rings is 1. The highest BCUT2D eigenvalue weighted by Crippen LogP contribution is 2.24. The fourth-order valence-corrected chi connectivity index (χ4v) is 2.31. The van der Waals surface area contributed by atoms with E-state index in [0.29, 0.717) is 0 Å². The van der Waals surface area contributed by atoms with E-state index >= 15 is 0 Å². The summed E-state index contributed by atoms with van der Waals surface area (Å²) in [5.41, 5.74) is 2.32. The summed E-state index contributed by atoms with van der Waals surface area (Å²) in [5.74, 6) is 0.932. The van der Waals surface area contributed by atoms with Crippen LogP contribution in [0.1, 0.15) is 25.0 Å². The van der Waals surface area contributed by atoms with Crippen LogP contribution in [0.2, 0.25) is 0 Å². The molecule has 0 unspecified atom stereocenters. The maximum absolute atomic E-state index is 5.83. The number of halogens is 1. The lowest BCUT2D eigenvalue weighted by molar-refractivity contribution is 0.239. The highest BCUT2D eigenvalue weighted by atomic mass is 79.9. The highest BCUT2D eigenvalue weighted by Gasteiger charge is 2.06. The zero-order valence-corrected chi connectivity index (χ0v) is 13.4. The van der Waals surface area contributed by atoms with Crippen LogP contribution in [0.5, 0.6) is 5.75 Å². The fraction of sp³-hybridized carbons (Fsp3) is 0.312. The van der Waals surface area contributed by atoms with Gasteiger partial charge in [0.25, 0.3) is 0 Å². The molecule has 1 heterocycles. The Labute approximate surface area is 128 Å². The molecule has 0 aliphatic rings. The second-order valence-corrected chi connectivity index (χ2v) is 5.80. The molecule has 0 saturated heterocycles. The number of ether oxygens (including phenoxy) is 1. The number of rotatable bonds is 6. The van der Waals surface area contributed by atoms with Crippen LogP contribution in [0, 0.1) is 0 Å². The molecule has 4 heteroatoms. The van der Waals surface area contributed by atoms with Crippen molar-refractivity contribution >= 4 is 15.9 Å². The number of hydrogen-bond acceptors (Lipinski definition) is 3. The molecular formula is C16H19BrN2O. The monoisotopic (exact) mass is 334 g/mol. The van der Waals surface area contributed by atoms with Crippen molar-refractivity contribution in [1.29, 1.82) is 0 Å². The Hall–Kier alpha value is -1.39. The number of nitrogens with one attached hydrogen (secondary N) is 1. The Morgan fingerprint density at radius 1 is 1.25 bits per heavy atom. The number of pyridine rings is 1. The van der Waals surface area contributed by atoms with Crippen molar-refractivity contribution in [3.63, 3.8) is 0 Å². The summed E-state index contributed by atoms with van der Waals surface area (Å²) in [4.78, 5) is 4.11. The van der Waals surface area contributed by atoms with E-state index in [1.807, 2.05) is 38.2 Å². The molecule has 1 aromatic heterocycles. The van der Waals surface area contributed by atoms with Gasteiger partial charge in [-0.2, -0.15) is 0 Å². The molecule has 0 fully saturated rings. The van der Waals surface area contributed by atoms with Crippen LogP contribution in [0.3, 0.4) is 0 Å². The van der Waals surface area contributed by atoms with Crippen molar-refractivity contribution in [1.82, 2.24) is 10.3 Å². The predicted molar refractivity (Wildman–Crippen MR) is 84.7 cm³/mol. The zero-order chi connectivity index (χ0) is 14.4. The summed E-state index contributed by atoms with van der Waals surface area (Å²) >= 11 is 3.51. The van der Waals surface area contributed by atoms with E-state index in [0.717, 1.165) is 28.9 Å². The molecule has 0 atom stereocenters. The Balaban J connectivity index is 1.99. The third kappa shape index (κ3) is 4.62. The maximum atomic E-state index is 5.83. The second-order valence-electron chi connectivity index (χ2n) is 4.88. The molecule has 1 N–H and O–H groups in total. The van der Waals surface area contributed by atoms with E-state index in [2.05, 4.69) is 38.4 Å². The lowest BCUT2D eigenvalue weighted by Crippen LogP contribution is -2.15. The SMILES string of the molecule is CC(C)Oc1ccc(Br)cc1CNCc1cccnc1. The summed E-state index contributed by atoms with van der Waals surface area (Å²) in [7, 11) is 0. The molecule has 3 nitrogen and oxygen atoms in total. The molecule has 2 rings (SSSR count). The average molecular weight is 335 g/mol. The summed E-state index contributed by atoms with van der Waals surface area (Å²) in [6.45, 7) is 5.63. The molecule has 0 spiro atoms. The molecule has 106 valence electrons. The average Bonchev–Trinajstić information content (AvgIpc) is 2.42. The van der Waals surface area contributed by atoms with Gasteiger partial charge in [-0.25, -0.2) is 0 Å². The first-order valence-corrected chi connectivity index (χ1v) is 7.49. The fourth-order valence-electron chi connectivity index (χ4n) is 1.90. The molecule has 0 aliphatic carbocycles. The first kappa shape index (κ1) is 15.0. The van der Waals surface area contributed by atoms with Gasteiger partial charge in [0.2, 0.25) is 0 Å². The van der Waals surface area contributed by atoms with Gasteiger partial charge in [-0.1, -0.05) is 22.0 Å². The second kappa shape index (κ2) is 7.41. The van der Waals surface area contributed by atoms with Crippen LogP contribution in [0.4, 0.5) is 0 Å². The number of aromatic nitrogens is 1. The third-order valence-electron chi connectivity index (χ3n) is 2.75. The molecule has 0 radical (unpaired) electrons. The van der Waals surface area contributed by atoms with E-state index < -0.39 is 0 Å². The van der Waals surface area contributed by atoms with E-state index in [1.54, 1.807) is 6.20 Å². The minimum Gasteiger partial charge on any atom is -0.491 e. The van der Waals surface area contributed by atoms with E-state index in [4.69, 9.17) is 4.74 Å². The summed E-state index contributed by atoms with van der Waals surface area (Å²) in [5, 5.41) is 3.42. The Morgan fingerprint density at radius 3 is 2.80 bits per heavy atom. The van der Waals surface area contributed by atoms with Gasteiger partial charge in [0.1, 0.15) is 5.75 Å². The molecular weight excluding hydrogens is 316 g/mol. The lowest BCUT2D eigenvalue weighted by Gasteiger charge is -2.15. The highest BCUT2D eigenvalue weighted by molar-refractivity contribution is 9.10. The molecule has 0 aliphatic heterocycles. The third-order valence-corrected chi connectivity index (χ3v) is 3.25. The van der Waals surface area contributed by atoms with Crippen LogP contribution in [0.25, 0.3) is 0 Å². The molecule has 0 amide bonds. The molecule has 2 aromatic rings. The van der Waals surface area contributed by atoms with Gasteiger partial charge in [0, 0.05) is 35.5 Å². The van der Waals surface area contributed by atoms with Gasteiger partial charge >= 0.3 is 0 Å². The first-order chi connectivity index (χ1) is 9.65. The minimum atomic E-state index is 0.174. The van der Waals surface area contributed by atoms with Crippen molar-refractivity contribution in [2.24, 2.45) is 0 Å². The largest absolute Gasteiger partial charge is 0.491 e. The van der Waals surface area contributed by atoms with E-state index in [9.17, 15) is 0 Å². The summed E-state index contributed by atoms with van der Waals surface area (Å²) in [6.07, 6.45) is 3.83. The van der Waals surface area contributed by atoms with Crippen LogP contribution in [0.15, 0.2) is 47.2 Å². The summed E-state index contributed by atoms with van der Waals surface area (Å²) < 4.78 is 6.89. The molecule has 0 saturated carbocycles. The van der Waals surface area contributed by atoms with Gasteiger partial charge in [0.15, 0.2) is 0 Å². The van der Waals surface area contributed by atoms with Crippen molar-refractivity contribution in [3.05, 3.63) is 58.3 Å². The van der Waals surface area contributed by atoms with Gasteiger partial charge in [-0.05, 0) is 43.7 Å². The van der Waals surface area contributed by atoms with Crippen LogP contribution in [-0.4, -0.2) is 11.1 Å². The van der Waals surface area contributed by atoms with Gasteiger partial charge in [0.05, 0.1) is 6.10 Å². The summed E-state index contributed by atoms with van der Waals surface area (Å²) in [6, 6.07) is 10.1. The van der Waals surface area contributed by atoms with E-state index in [-0.39, 0.29) is 6.10 Å². The molecule has 20 heavy (non-hydrogen) atoms. The Morgan fingerprint density at radius 2 is 2.10 bits per heavy atom. The van der Waals surface area contributed by atoms with Gasteiger partial charge in [-0.15, -0.1) is 0 Å². The van der Waals surface area contributed by atoms with Crippen LogP contribution >= 0.6 is 15.9 Å². The van der Waals surface area contributed by atoms with Gasteiger partial charge in [-0.3, -0.25) is 4.98 Å². The smallest absolute Gasteiger partial charge is 0.124 e. The van der Waals surface area contributed by atoms with Crippen molar-refractivity contribution < 1.29 is 4.74 Å². The number of nitrogens with zero attached hydrogens (tertiary/aromatic N) is 1. The Kier molecular flexibility index (Phi) is 5.56. The van der Waals surface area contributed by atoms with E-state index in [1.165, 1.54) is 5.56 Å². The number of hydrogen-bond donors (Lipinski definition) is 1. The first-order valence-electron chi connectivity index (χ1n) is 6.70. The standard InChI is InChI=1S/C16H19BrN2O/c1-12(2)20-16-6-5-15(17)8-14(16)11-19-10-13-4-3-7-18-9-13/h3-9,12,19H,10-11H2,1-2H3. The molecule has 0 bridgehead atoms. The Bertz CT molecular complexity index is 543. The zero-order valence-electron chi connectivity index (χ0n) is 11.8. The lowest BCUT2D eigenvalue weighted by atomic mass is 10.2.